The van der Waals surface area contributed by atoms with E-state index in [2.05, 4.69) is 15.3 Å². The molecule has 2 heterocycles. The van der Waals surface area contributed by atoms with E-state index in [9.17, 15) is 4.79 Å². The zero-order valence-corrected chi connectivity index (χ0v) is 9.71. The number of nitrogens with two attached hydrogens (primary N) is 1. The molecule has 0 amide bonds. The Balaban J connectivity index is 2.30. The van der Waals surface area contributed by atoms with Crippen LogP contribution in [0.4, 0.5) is 17.2 Å². The molecule has 2 aromatic heterocycles. The van der Waals surface area contributed by atoms with Gasteiger partial charge in [0.1, 0.15) is 0 Å². The second-order valence-corrected chi connectivity index (χ2v) is 3.73. The third-order valence-corrected chi connectivity index (χ3v) is 2.42. The Bertz CT molecular complexity index is 598. The summed E-state index contributed by atoms with van der Waals surface area (Å²) >= 11 is 0. The molecule has 0 aliphatic heterocycles. The predicted octanol–water partition coefficient (Wildman–Crippen LogP) is 1.81. The maximum absolute atomic E-state index is 10.8. The molecule has 0 aliphatic rings. The molecule has 4 N–H and O–H groups in total. The van der Waals surface area contributed by atoms with Crippen molar-refractivity contribution in [3.05, 3.63) is 41.9 Å². The van der Waals surface area contributed by atoms with Crippen molar-refractivity contribution in [3.8, 4) is 0 Å². The lowest BCUT2D eigenvalue weighted by atomic mass is 10.2. The lowest BCUT2D eigenvalue weighted by Gasteiger charge is -2.10. The lowest BCUT2D eigenvalue weighted by Crippen LogP contribution is -2.04. The van der Waals surface area contributed by atoms with Crippen molar-refractivity contribution < 1.29 is 9.90 Å². The number of rotatable bonds is 3. The van der Waals surface area contributed by atoms with Gasteiger partial charge >= 0.3 is 5.97 Å². The van der Waals surface area contributed by atoms with Crippen LogP contribution in [0, 0.1) is 6.92 Å². The molecule has 6 heteroatoms. The highest BCUT2D eigenvalue weighted by atomic mass is 16.4. The Morgan fingerprint density at radius 1 is 1.44 bits per heavy atom. The first kappa shape index (κ1) is 11.8. The molecule has 0 unspecified atom stereocenters. The second-order valence-electron chi connectivity index (χ2n) is 3.73. The Morgan fingerprint density at radius 3 is 2.83 bits per heavy atom. The number of hydrogen-bond acceptors (Lipinski definition) is 5. The molecule has 92 valence electrons. The number of anilines is 3. The fourth-order valence-electron chi connectivity index (χ4n) is 1.45. The van der Waals surface area contributed by atoms with E-state index in [-0.39, 0.29) is 11.3 Å². The standard InChI is InChI=1S/C12H12N4O2/c1-7-10(3-2-4-14-7)16-11-9(13)5-8(6-15-11)12(17)18/h2-6H,13H2,1H3,(H,15,16)(H,17,18). The fourth-order valence-corrected chi connectivity index (χ4v) is 1.45. The number of nitrogens with one attached hydrogen (secondary N) is 1. The van der Waals surface area contributed by atoms with Gasteiger partial charge in [0.2, 0.25) is 0 Å². The van der Waals surface area contributed by atoms with E-state index in [0.29, 0.717) is 5.82 Å². The minimum absolute atomic E-state index is 0.0564. The quantitative estimate of drug-likeness (QED) is 0.761. The zero-order valence-electron chi connectivity index (χ0n) is 9.71. The number of carbonyl (C=O) groups is 1. The van der Waals surface area contributed by atoms with E-state index < -0.39 is 5.97 Å². The van der Waals surface area contributed by atoms with Crippen LogP contribution >= 0.6 is 0 Å². The average Bonchev–Trinajstić information content (AvgIpc) is 2.34. The van der Waals surface area contributed by atoms with Gasteiger partial charge in [0, 0.05) is 12.4 Å². The lowest BCUT2D eigenvalue weighted by molar-refractivity contribution is 0.0696. The van der Waals surface area contributed by atoms with Crippen LogP contribution < -0.4 is 11.1 Å². The minimum Gasteiger partial charge on any atom is -0.478 e. The number of carboxylic acids is 1. The van der Waals surface area contributed by atoms with Gasteiger partial charge in [-0.2, -0.15) is 0 Å². The van der Waals surface area contributed by atoms with Crippen molar-refractivity contribution in [1.29, 1.82) is 0 Å². The third kappa shape index (κ3) is 2.37. The van der Waals surface area contributed by atoms with Gasteiger partial charge in [0.25, 0.3) is 0 Å². The molecule has 0 aromatic carbocycles. The third-order valence-electron chi connectivity index (χ3n) is 2.42. The van der Waals surface area contributed by atoms with Crippen molar-refractivity contribution in [2.45, 2.75) is 6.92 Å². The molecule has 2 rings (SSSR count). The molecule has 0 radical (unpaired) electrons. The number of aromatic carboxylic acids is 1. The highest BCUT2D eigenvalue weighted by molar-refractivity contribution is 5.89. The van der Waals surface area contributed by atoms with Crippen molar-refractivity contribution in [2.24, 2.45) is 0 Å². The van der Waals surface area contributed by atoms with Crippen molar-refractivity contribution in [2.75, 3.05) is 11.1 Å². The van der Waals surface area contributed by atoms with Gasteiger partial charge in [-0.25, -0.2) is 9.78 Å². The van der Waals surface area contributed by atoms with Gasteiger partial charge in [-0.15, -0.1) is 0 Å². The summed E-state index contributed by atoms with van der Waals surface area (Å²) in [7, 11) is 0. The number of nitrogen functional groups attached to an aromatic ring is 1. The molecule has 18 heavy (non-hydrogen) atoms. The van der Waals surface area contributed by atoms with Crippen molar-refractivity contribution >= 4 is 23.2 Å². The van der Waals surface area contributed by atoms with E-state index >= 15 is 0 Å². The summed E-state index contributed by atoms with van der Waals surface area (Å²) in [5.74, 6) is -0.644. The van der Waals surface area contributed by atoms with E-state index in [1.54, 1.807) is 12.3 Å². The van der Waals surface area contributed by atoms with Gasteiger partial charge in [-0.05, 0) is 25.1 Å². The fraction of sp³-hybridized carbons (Fsp3) is 0.0833. The Hall–Kier alpha value is -2.63. The number of nitrogens with zero attached hydrogens (tertiary/aromatic N) is 2. The van der Waals surface area contributed by atoms with Crippen LogP contribution in [0.3, 0.4) is 0 Å². The van der Waals surface area contributed by atoms with E-state index in [0.717, 1.165) is 11.4 Å². The Labute approximate surface area is 104 Å². The molecule has 0 fully saturated rings. The van der Waals surface area contributed by atoms with E-state index in [1.807, 2.05) is 13.0 Å². The van der Waals surface area contributed by atoms with Crippen LogP contribution in [0.25, 0.3) is 0 Å². The van der Waals surface area contributed by atoms with Crippen molar-refractivity contribution in [1.82, 2.24) is 9.97 Å². The molecule has 0 atom stereocenters. The predicted molar refractivity (Wildman–Crippen MR) is 67.9 cm³/mol. The minimum atomic E-state index is -1.06. The smallest absolute Gasteiger partial charge is 0.337 e. The SMILES string of the molecule is Cc1ncccc1Nc1ncc(C(=O)O)cc1N. The van der Waals surface area contributed by atoms with Crippen molar-refractivity contribution in [3.63, 3.8) is 0 Å². The number of hydrogen-bond donors (Lipinski definition) is 3. The maximum atomic E-state index is 10.8. The van der Waals surface area contributed by atoms with Crippen LogP contribution in [0.15, 0.2) is 30.6 Å². The number of aromatic nitrogens is 2. The van der Waals surface area contributed by atoms with Crippen LogP contribution in [0.1, 0.15) is 16.1 Å². The average molecular weight is 244 g/mol. The van der Waals surface area contributed by atoms with E-state index in [1.165, 1.54) is 12.3 Å². The highest BCUT2D eigenvalue weighted by Gasteiger charge is 2.08. The Kier molecular flexibility index (Phi) is 3.09. The summed E-state index contributed by atoms with van der Waals surface area (Å²) < 4.78 is 0. The molecule has 0 aliphatic carbocycles. The molecule has 2 aromatic rings. The molecule has 6 nitrogen and oxygen atoms in total. The Morgan fingerprint density at radius 2 is 2.22 bits per heavy atom. The summed E-state index contributed by atoms with van der Waals surface area (Å²) in [4.78, 5) is 18.9. The van der Waals surface area contributed by atoms with Crippen LogP contribution in [-0.2, 0) is 0 Å². The molecular formula is C12H12N4O2. The summed E-state index contributed by atoms with van der Waals surface area (Å²) in [5.41, 5.74) is 7.66. The van der Waals surface area contributed by atoms with E-state index in [4.69, 9.17) is 10.8 Å². The maximum Gasteiger partial charge on any atom is 0.337 e. The molecule has 0 bridgehead atoms. The van der Waals surface area contributed by atoms with Crippen LogP contribution in [-0.4, -0.2) is 21.0 Å². The van der Waals surface area contributed by atoms with Gasteiger partial charge in [-0.3, -0.25) is 4.98 Å². The van der Waals surface area contributed by atoms with Crippen LogP contribution in [0.5, 0.6) is 0 Å². The molecule has 0 saturated heterocycles. The number of aryl methyl sites for hydroxylation is 1. The summed E-state index contributed by atoms with van der Waals surface area (Å²) in [5, 5.41) is 11.8. The van der Waals surface area contributed by atoms with Gasteiger partial charge in [0.05, 0.1) is 22.6 Å². The zero-order chi connectivity index (χ0) is 13.1. The normalized spacial score (nSPS) is 10.1. The second kappa shape index (κ2) is 4.70. The van der Waals surface area contributed by atoms with Gasteiger partial charge < -0.3 is 16.2 Å². The first-order valence-corrected chi connectivity index (χ1v) is 5.25. The van der Waals surface area contributed by atoms with Gasteiger partial charge in [0.15, 0.2) is 5.82 Å². The first-order chi connectivity index (χ1) is 8.58. The summed E-state index contributed by atoms with van der Waals surface area (Å²) in [6, 6.07) is 5.00. The van der Waals surface area contributed by atoms with Crippen LogP contribution in [0.2, 0.25) is 0 Å². The number of carboxylic acid groups (broad SMARTS) is 1. The summed E-state index contributed by atoms with van der Waals surface area (Å²) in [6.07, 6.45) is 2.94. The molecule has 0 spiro atoms. The monoisotopic (exact) mass is 244 g/mol. The first-order valence-electron chi connectivity index (χ1n) is 5.25. The highest BCUT2D eigenvalue weighted by Crippen LogP contribution is 2.22. The molecule has 0 saturated carbocycles. The molecular weight excluding hydrogens is 232 g/mol. The number of pyridine rings is 2. The largest absolute Gasteiger partial charge is 0.478 e. The summed E-state index contributed by atoms with van der Waals surface area (Å²) in [6.45, 7) is 1.85. The van der Waals surface area contributed by atoms with Gasteiger partial charge in [-0.1, -0.05) is 0 Å². The topological polar surface area (TPSA) is 101 Å².